The Bertz CT molecular complexity index is 903. The molecule has 3 heteroatoms. The highest BCUT2D eigenvalue weighted by Crippen LogP contribution is 2.38. The molecule has 0 amide bonds. The van der Waals surface area contributed by atoms with Crippen LogP contribution in [0.3, 0.4) is 0 Å². The van der Waals surface area contributed by atoms with Gasteiger partial charge in [0, 0.05) is 17.2 Å². The van der Waals surface area contributed by atoms with Crippen LogP contribution >= 0.6 is 0 Å². The molecule has 30 heavy (non-hydrogen) atoms. The van der Waals surface area contributed by atoms with Crippen molar-refractivity contribution in [3.8, 4) is 28.3 Å². The van der Waals surface area contributed by atoms with E-state index in [-0.39, 0.29) is 0 Å². The first kappa shape index (κ1) is 20.7. The standard InChI is InChI=1S/C27H33NO2/c1-3-4-5-6-20-7-9-21(10-8-20)22-11-13-23(14-12-22)26-19-27(30-28-26)24-15-17-25(29-2)18-16-24/h11-21H,3-10H2,1-2H3. The van der Waals surface area contributed by atoms with Crippen LogP contribution in [0.4, 0.5) is 0 Å². The summed E-state index contributed by atoms with van der Waals surface area (Å²) < 4.78 is 10.8. The lowest BCUT2D eigenvalue weighted by atomic mass is 9.77. The Kier molecular flexibility index (Phi) is 6.88. The zero-order valence-electron chi connectivity index (χ0n) is 18.3. The van der Waals surface area contributed by atoms with Crippen LogP contribution < -0.4 is 4.74 Å². The van der Waals surface area contributed by atoms with E-state index in [0.29, 0.717) is 5.92 Å². The average Bonchev–Trinajstić information content (AvgIpc) is 3.30. The Labute approximate surface area is 180 Å². The monoisotopic (exact) mass is 403 g/mol. The Morgan fingerprint density at radius 3 is 2.27 bits per heavy atom. The zero-order valence-corrected chi connectivity index (χ0v) is 18.3. The number of nitrogens with zero attached hydrogens (tertiary/aromatic N) is 1. The molecular formula is C27H33NO2. The van der Waals surface area contributed by atoms with Crippen molar-refractivity contribution in [3.05, 3.63) is 60.2 Å². The summed E-state index contributed by atoms with van der Waals surface area (Å²) in [7, 11) is 1.67. The molecular weight excluding hydrogens is 370 g/mol. The summed E-state index contributed by atoms with van der Waals surface area (Å²) in [6.45, 7) is 2.29. The van der Waals surface area contributed by atoms with Gasteiger partial charge in [0.05, 0.1) is 7.11 Å². The van der Waals surface area contributed by atoms with Crippen molar-refractivity contribution >= 4 is 0 Å². The third-order valence-corrected chi connectivity index (χ3v) is 6.63. The summed E-state index contributed by atoms with van der Waals surface area (Å²) in [5.74, 6) is 3.29. The number of hydrogen-bond acceptors (Lipinski definition) is 3. The second-order valence-electron chi connectivity index (χ2n) is 8.64. The summed E-state index contributed by atoms with van der Waals surface area (Å²) in [4.78, 5) is 0. The topological polar surface area (TPSA) is 35.3 Å². The van der Waals surface area contributed by atoms with Gasteiger partial charge in [0.2, 0.25) is 0 Å². The van der Waals surface area contributed by atoms with Gasteiger partial charge in [-0.25, -0.2) is 0 Å². The lowest BCUT2D eigenvalue weighted by Crippen LogP contribution is -2.13. The molecule has 1 aliphatic rings. The second kappa shape index (κ2) is 9.97. The number of benzene rings is 2. The summed E-state index contributed by atoms with van der Waals surface area (Å²) >= 11 is 0. The molecule has 3 aromatic rings. The molecule has 0 atom stereocenters. The molecule has 0 bridgehead atoms. The molecule has 1 heterocycles. The second-order valence-corrected chi connectivity index (χ2v) is 8.64. The number of aromatic nitrogens is 1. The minimum absolute atomic E-state index is 0.716. The van der Waals surface area contributed by atoms with Gasteiger partial charge in [-0.1, -0.05) is 62.0 Å². The van der Waals surface area contributed by atoms with E-state index in [1.165, 1.54) is 56.9 Å². The molecule has 0 N–H and O–H groups in total. The highest BCUT2D eigenvalue weighted by molar-refractivity contribution is 5.67. The Hall–Kier alpha value is -2.55. The van der Waals surface area contributed by atoms with E-state index in [0.717, 1.165) is 34.2 Å². The fourth-order valence-corrected chi connectivity index (χ4v) is 4.70. The van der Waals surface area contributed by atoms with E-state index in [1.54, 1.807) is 7.11 Å². The van der Waals surface area contributed by atoms with Gasteiger partial charge in [0.15, 0.2) is 5.76 Å². The molecule has 1 fully saturated rings. The van der Waals surface area contributed by atoms with Crippen molar-refractivity contribution in [2.75, 3.05) is 7.11 Å². The molecule has 0 spiro atoms. The SMILES string of the molecule is CCCCCC1CCC(c2ccc(-c3cc(-c4ccc(OC)cc4)on3)cc2)CC1. The zero-order chi connectivity index (χ0) is 20.8. The van der Waals surface area contributed by atoms with Crippen LogP contribution in [0.5, 0.6) is 5.75 Å². The molecule has 2 aromatic carbocycles. The third-order valence-electron chi connectivity index (χ3n) is 6.63. The van der Waals surface area contributed by atoms with Crippen molar-refractivity contribution in [3.63, 3.8) is 0 Å². The van der Waals surface area contributed by atoms with Gasteiger partial charge in [-0.05, 0) is 67.3 Å². The maximum Gasteiger partial charge on any atom is 0.167 e. The summed E-state index contributed by atoms with van der Waals surface area (Å²) in [6.07, 6.45) is 11.0. The van der Waals surface area contributed by atoms with Crippen molar-refractivity contribution in [2.45, 2.75) is 64.2 Å². The number of hydrogen-bond donors (Lipinski definition) is 0. The van der Waals surface area contributed by atoms with E-state index in [9.17, 15) is 0 Å². The van der Waals surface area contributed by atoms with Gasteiger partial charge in [-0.2, -0.15) is 0 Å². The fraction of sp³-hybridized carbons (Fsp3) is 0.444. The molecule has 4 rings (SSSR count). The molecule has 1 aliphatic carbocycles. The lowest BCUT2D eigenvalue weighted by Gasteiger charge is -2.29. The minimum atomic E-state index is 0.716. The highest BCUT2D eigenvalue weighted by atomic mass is 16.5. The largest absolute Gasteiger partial charge is 0.497 e. The quantitative estimate of drug-likeness (QED) is 0.359. The maximum atomic E-state index is 5.59. The molecule has 0 aliphatic heterocycles. The van der Waals surface area contributed by atoms with Gasteiger partial charge in [0.25, 0.3) is 0 Å². The van der Waals surface area contributed by atoms with E-state index in [1.807, 2.05) is 30.3 Å². The molecule has 1 aromatic heterocycles. The van der Waals surface area contributed by atoms with E-state index in [4.69, 9.17) is 9.26 Å². The van der Waals surface area contributed by atoms with Crippen molar-refractivity contribution < 1.29 is 9.26 Å². The van der Waals surface area contributed by atoms with Crippen LogP contribution in [0.25, 0.3) is 22.6 Å². The lowest BCUT2D eigenvalue weighted by molar-refractivity contribution is 0.303. The number of rotatable bonds is 8. The van der Waals surface area contributed by atoms with Crippen molar-refractivity contribution in [1.82, 2.24) is 5.16 Å². The van der Waals surface area contributed by atoms with Crippen molar-refractivity contribution in [2.24, 2.45) is 5.92 Å². The van der Waals surface area contributed by atoms with Crippen LogP contribution in [-0.2, 0) is 0 Å². The van der Waals surface area contributed by atoms with Gasteiger partial charge >= 0.3 is 0 Å². The Balaban J connectivity index is 1.37. The van der Waals surface area contributed by atoms with Gasteiger partial charge in [-0.15, -0.1) is 0 Å². The number of methoxy groups -OCH3 is 1. The van der Waals surface area contributed by atoms with Crippen LogP contribution in [0.2, 0.25) is 0 Å². The predicted octanol–water partition coefficient (Wildman–Crippen LogP) is 7.87. The van der Waals surface area contributed by atoms with Gasteiger partial charge in [0.1, 0.15) is 11.4 Å². The molecule has 0 unspecified atom stereocenters. The number of unbranched alkanes of at least 4 members (excludes halogenated alkanes) is 2. The van der Waals surface area contributed by atoms with E-state index < -0.39 is 0 Å². The first-order valence-electron chi connectivity index (χ1n) is 11.5. The molecule has 158 valence electrons. The molecule has 1 saturated carbocycles. The summed E-state index contributed by atoms with van der Waals surface area (Å²) in [5, 5.41) is 4.29. The van der Waals surface area contributed by atoms with E-state index >= 15 is 0 Å². The summed E-state index contributed by atoms with van der Waals surface area (Å²) in [6, 6.07) is 18.8. The smallest absolute Gasteiger partial charge is 0.167 e. The Morgan fingerprint density at radius 1 is 0.900 bits per heavy atom. The molecule has 3 nitrogen and oxygen atoms in total. The fourth-order valence-electron chi connectivity index (χ4n) is 4.70. The average molecular weight is 404 g/mol. The molecule has 0 radical (unpaired) electrons. The first-order chi connectivity index (χ1) is 14.8. The highest BCUT2D eigenvalue weighted by Gasteiger charge is 2.22. The first-order valence-corrected chi connectivity index (χ1v) is 11.5. The van der Waals surface area contributed by atoms with Crippen LogP contribution in [0.1, 0.15) is 69.8 Å². The Morgan fingerprint density at radius 2 is 1.60 bits per heavy atom. The van der Waals surface area contributed by atoms with Crippen LogP contribution in [-0.4, -0.2) is 12.3 Å². The number of ether oxygens (including phenoxy) is 1. The van der Waals surface area contributed by atoms with Gasteiger partial charge in [-0.3, -0.25) is 0 Å². The summed E-state index contributed by atoms with van der Waals surface area (Å²) in [5.41, 5.74) is 4.47. The maximum absolute atomic E-state index is 5.59. The molecule has 0 saturated heterocycles. The predicted molar refractivity (Wildman–Crippen MR) is 123 cm³/mol. The normalized spacial score (nSPS) is 19.0. The minimum Gasteiger partial charge on any atom is -0.497 e. The van der Waals surface area contributed by atoms with E-state index in [2.05, 4.69) is 36.3 Å². The van der Waals surface area contributed by atoms with Crippen LogP contribution in [0, 0.1) is 5.92 Å². The van der Waals surface area contributed by atoms with Gasteiger partial charge < -0.3 is 9.26 Å². The van der Waals surface area contributed by atoms with Crippen molar-refractivity contribution in [1.29, 1.82) is 0 Å². The third kappa shape index (κ3) is 4.95. The van der Waals surface area contributed by atoms with Crippen LogP contribution in [0.15, 0.2) is 59.1 Å².